The second-order valence-electron chi connectivity index (χ2n) is 27.1. The van der Waals surface area contributed by atoms with Crippen LogP contribution in [0.3, 0.4) is 0 Å². The smallest absolute Gasteiger partial charge is 0.220 e. The quantitative estimate of drug-likeness (QED) is 0.0199. The maximum atomic E-state index is 13.5. The zero-order valence-corrected chi connectivity index (χ0v) is 60.2. The van der Waals surface area contributed by atoms with Gasteiger partial charge in [-0.1, -0.05) is 278 Å². The Morgan fingerprint density at radius 1 is 0.378 bits per heavy atom. The first kappa shape index (κ1) is 88.9. The van der Waals surface area contributed by atoms with Crippen LogP contribution in [0.5, 0.6) is 0 Å². The van der Waals surface area contributed by atoms with E-state index in [2.05, 4.69) is 116 Å². The summed E-state index contributed by atoms with van der Waals surface area (Å²) in [5, 5.41) is 121. The van der Waals surface area contributed by atoms with Crippen LogP contribution in [-0.4, -0.2) is 193 Å². The lowest BCUT2D eigenvalue weighted by Gasteiger charge is -2.48. The predicted octanol–water partition coefficient (Wildman–Crippen LogP) is 12.0. The Morgan fingerprint density at radius 3 is 1.10 bits per heavy atom. The highest BCUT2D eigenvalue weighted by atomic mass is 16.8. The first-order valence-corrected chi connectivity index (χ1v) is 38.5. The summed E-state index contributed by atoms with van der Waals surface area (Å²) in [5.41, 5.74) is 0. The standard InChI is InChI=1S/C79H137NO18/c1-3-5-7-9-11-13-15-17-19-21-22-23-24-25-26-27-28-29-30-31-32-33-34-35-36-37-38-39-40-41-43-45-47-49-51-53-55-57-67(85)80-62(63(84)56-54-52-50-48-46-44-42-20-18-16-14-12-10-8-6-4-2)61-93-77-73(91)70(88)75(65(59-82)95-77)98-79-74(92)71(89)76(66(60-83)96-79)97-78-72(90)69(87)68(86)64(58-81)94-78/h5,7,11,13,17,19,22-23,25-26,28-29,31-32,34-35,62-66,68-79,81-84,86-92H,3-4,6,8-10,12,14-16,18,20-21,24,27,30,33,36-61H2,1-2H3,(H,80,85)/b7-5-,13-11-,19-17-,23-22-,26-25-,29-28-,32-31-,35-34-. The topological polar surface area (TPSA) is 307 Å². The van der Waals surface area contributed by atoms with E-state index >= 15 is 0 Å². The van der Waals surface area contributed by atoms with Gasteiger partial charge in [0.25, 0.3) is 0 Å². The Hall–Kier alpha value is -3.29. The van der Waals surface area contributed by atoms with Crippen molar-refractivity contribution in [3.63, 3.8) is 0 Å². The fraction of sp³-hybridized carbons (Fsp3) is 0.785. The number of hydrogen-bond donors (Lipinski definition) is 12. The van der Waals surface area contributed by atoms with Gasteiger partial charge in [-0.15, -0.1) is 0 Å². The van der Waals surface area contributed by atoms with Crippen LogP contribution in [0.2, 0.25) is 0 Å². The normalized spacial score (nSPS) is 27.3. The highest BCUT2D eigenvalue weighted by Gasteiger charge is 2.53. The lowest BCUT2D eigenvalue weighted by molar-refractivity contribution is -0.379. The van der Waals surface area contributed by atoms with Gasteiger partial charge in [0.2, 0.25) is 5.91 Å². The van der Waals surface area contributed by atoms with E-state index < -0.39 is 124 Å². The van der Waals surface area contributed by atoms with Gasteiger partial charge in [0, 0.05) is 6.42 Å². The zero-order chi connectivity index (χ0) is 71.1. The molecular weight excluding hydrogens is 1250 g/mol. The van der Waals surface area contributed by atoms with E-state index in [4.69, 9.17) is 28.4 Å². The number of rotatable bonds is 59. The van der Waals surface area contributed by atoms with Gasteiger partial charge in [-0.05, 0) is 77.0 Å². The molecule has 3 aliphatic heterocycles. The van der Waals surface area contributed by atoms with E-state index in [1.54, 1.807) is 0 Å². The minimum Gasteiger partial charge on any atom is -0.394 e. The highest BCUT2D eigenvalue weighted by molar-refractivity contribution is 5.76. The van der Waals surface area contributed by atoms with Crippen molar-refractivity contribution in [3.05, 3.63) is 97.2 Å². The Morgan fingerprint density at radius 2 is 0.704 bits per heavy atom. The van der Waals surface area contributed by atoms with Gasteiger partial charge >= 0.3 is 0 Å². The molecule has 566 valence electrons. The number of aliphatic hydroxyl groups excluding tert-OH is 11. The van der Waals surface area contributed by atoms with E-state index in [9.17, 15) is 61.0 Å². The molecule has 17 unspecified atom stereocenters. The Kier molecular flexibility index (Phi) is 53.7. The van der Waals surface area contributed by atoms with Gasteiger partial charge in [-0.25, -0.2) is 0 Å². The molecule has 0 aliphatic carbocycles. The summed E-state index contributed by atoms with van der Waals surface area (Å²) in [7, 11) is 0. The SMILES string of the molecule is CC/C=C\C/C=C\C/C=C\C/C=C\C/C=C\C/C=C\C/C=C\C/C=C\CCCCCCCCCCCCCCC(=O)NC(COC1OC(CO)C(OC2OC(CO)C(OC3OC(CO)C(O)C(O)C3O)C(O)C2O)C(O)C1O)C(O)CCCCCCCCCCCCCCCCCC. The molecule has 0 radical (unpaired) electrons. The Balaban J connectivity index is 1.34. The summed E-state index contributed by atoms with van der Waals surface area (Å²) in [5.74, 6) is -0.247. The first-order chi connectivity index (χ1) is 47.8. The van der Waals surface area contributed by atoms with Crippen LogP contribution < -0.4 is 5.32 Å². The molecule has 0 aromatic heterocycles. The largest absolute Gasteiger partial charge is 0.394 e. The number of nitrogens with one attached hydrogen (secondary N) is 1. The van der Waals surface area contributed by atoms with Crippen molar-refractivity contribution in [1.29, 1.82) is 0 Å². The van der Waals surface area contributed by atoms with Crippen molar-refractivity contribution in [2.75, 3.05) is 26.4 Å². The number of carbonyl (C=O) groups excluding carboxylic acids is 1. The summed E-state index contributed by atoms with van der Waals surface area (Å²) in [6.45, 7) is 1.69. The molecule has 12 N–H and O–H groups in total. The summed E-state index contributed by atoms with van der Waals surface area (Å²) in [4.78, 5) is 13.5. The van der Waals surface area contributed by atoms with Crippen LogP contribution in [0.4, 0.5) is 0 Å². The maximum absolute atomic E-state index is 13.5. The number of allylic oxidation sites excluding steroid dienone is 16. The third-order valence-corrected chi connectivity index (χ3v) is 18.7. The average molecular weight is 1390 g/mol. The maximum Gasteiger partial charge on any atom is 0.220 e. The molecule has 0 aromatic rings. The molecule has 98 heavy (non-hydrogen) atoms. The number of carbonyl (C=O) groups is 1. The predicted molar refractivity (Wildman–Crippen MR) is 387 cm³/mol. The molecule has 0 saturated carbocycles. The molecule has 19 heteroatoms. The second-order valence-corrected chi connectivity index (χ2v) is 27.1. The van der Waals surface area contributed by atoms with Crippen molar-refractivity contribution in [2.24, 2.45) is 0 Å². The molecule has 3 aliphatic rings. The van der Waals surface area contributed by atoms with E-state index in [1.165, 1.54) is 128 Å². The number of aliphatic hydroxyl groups is 11. The molecule has 3 heterocycles. The van der Waals surface area contributed by atoms with Gasteiger partial charge in [-0.2, -0.15) is 0 Å². The van der Waals surface area contributed by atoms with Crippen molar-refractivity contribution >= 4 is 5.91 Å². The monoisotopic (exact) mass is 1390 g/mol. The number of unbranched alkanes of at least 4 members (excludes halogenated alkanes) is 27. The first-order valence-electron chi connectivity index (χ1n) is 38.5. The second kappa shape index (κ2) is 59.1. The van der Waals surface area contributed by atoms with Crippen molar-refractivity contribution in [2.45, 2.75) is 369 Å². The molecule has 19 nitrogen and oxygen atoms in total. The molecular formula is C79H137NO18. The van der Waals surface area contributed by atoms with E-state index in [1.807, 2.05) is 0 Å². The van der Waals surface area contributed by atoms with Crippen LogP contribution in [0, 0.1) is 0 Å². The summed E-state index contributed by atoms with van der Waals surface area (Å²) >= 11 is 0. The van der Waals surface area contributed by atoms with Crippen LogP contribution in [0.25, 0.3) is 0 Å². The van der Waals surface area contributed by atoms with Gasteiger partial charge in [0.15, 0.2) is 18.9 Å². The minimum atomic E-state index is -1.98. The number of ether oxygens (including phenoxy) is 6. The summed E-state index contributed by atoms with van der Waals surface area (Å²) in [6.07, 6.45) is 52.0. The van der Waals surface area contributed by atoms with E-state index in [0.29, 0.717) is 12.8 Å². The Labute approximate surface area is 590 Å². The third-order valence-electron chi connectivity index (χ3n) is 18.7. The Bertz CT molecular complexity index is 2150. The molecule has 0 spiro atoms. The molecule has 0 aromatic carbocycles. The van der Waals surface area contributed by atoms with Gasteiger partial charge in [0.05, 0.1) is 38.6 Å². The van der Waals surface area contributed by atoms with E-state index in [0.717, 1.165) is 103 Å². The molecule has 1 amide bonds. The van der Waals surface area contributed by atoms with Crippen molar-refractivity contribution in [3.8, 4) is 0 Å². The van der Waals surface area contributed by atoms with Gasteiger partial charge in [0.1, 0.15) is 73.2 Å². The van der Waals surface area contributed by atoms with Crippen LogP contribution >= 0.6 is 0 Å². The van der Waals surface area contributed by atoms with Crippen LogP contribution in [0.15, 0.2) is 97.2 Å². The number of amides is 1. The van der Waals surface area contributed by atoms with Gasteiger partial charge < -0.3 is 89.9 Å². The van der Waals surface area contributed by atoms with E-state index in [-0.39, 0.29) is 18.9 Å². The third kappa shape index (κ3) is 39.4. The molecule has 3 fully saturated rings. The molecule has 0 bridgehead atoms. The van der Waals surface area contributed by atoms with Crippen molar-refractivity contribution < 1.29 is 89.4 Å². The molecule has 17 atom stereocenters. The lowest BCUT2D eigenvalue weighted by atomic mass is 9.96. The zero-order valence-electron chi connectivity index (χ0n) is 60.2. The fourth-order valence-corrected chi connectivity index (χ4v) is 12.5. The van der Waals surface area contributed by atoms with Crippen molar-refractivity contribution in [1.82, 2.24) is 5.32 Å². The fourth-order valence-electron chi connectivity index (χ4n) is 12.5. The van der Waals surface area contributed by atoms with Crippen LogP contribution in [-0.2, 0) is 33.2 Å². The summed E-state index contributed by atoms with van der Waals surface area (Å²) < 4.78 is 34.5. The summed E-state index contributed by atoms with van der Waals surface area (Å²) in [6, 6.07) is -0.894. The molecule has 3 rings (SSSR count). The van der Waals surface area contributed by atoms with Gasteiger partial charge in [-0.3, -0.25) is 4.79 Å². The number of hydrogen-bond acceptors (Lipinski definition) is 18. The lowest BCUT2D eigenvalue weighted by Crippen LogP contribution is -2.66. The minimum absolute atomic E-state index is 0.247. The van der Waals surface area contributed by atoms with Crippen LogP contribution in [0.1, 0.15) is 264 Å². The molecule has 3 saturated heterocycles. The highest BCUT2D eigenvalue weighted by Crippen LogP contribution is 2.33. The average Bonchev–Trinajstić information content (AvgIpc) is 0.784.